The summed E-state index contributed by atoms with van der Waals surface area (Å²) in [6.45, 7) is 11.4. The fourth-order valence-electron chi connectivity index (χ4n) is 3.10. The largest absolute Gasteiger partial charge is 0.338 e. The van der Waals surface area contributed by atoms with Crippen molar-refractivity contribution in [3.63, 3.8) is 0 Å². The molecule has 0 atom stereocenters. The van der Waals surface area contributed by atoms with Crippen molar-refractivity contribution in [2.24, 2.45) is 11.3 Å². The minimum absolute atomic E-state index is 0.0301. The highest BCUT2D eigenvalue weighted by Gasteiger charge is 2.34. The Morgan fingerprint density at radius 2 is 1.78 bits per heavy atom. The van der Waals surface area contributed by atoms with Gasteiger partial charge in [-0.05, 0) is 51.4 Å². The molecule has 0 aromatic carbocycles. The second kappa shape index (κ2) is 5.94. The molecule has 0 heterocycles. The van der Waals surface area contributed by atoms with E-state index in [2.05, 4.69) is 24.5 Å². The maximum Gasteiger partial charge on any atom is 0.315 e. The molecule has 106 valence electrons. The zero-order valence-electron chi connectivity index (χ0n) is 12.7. The third-order valence-electron chi connectivity index (χ3n) is 3.62. The Morgan fingerprint density at radius 1 is 1.22 bits per heavy atom. The molecule has 0 aliphatic heterocycles. The molecule has 1 rings (SSSR count). The number of carbonyl (C=O) groups excluding carboxylic acids is 1. The topological polar surface area (TPSA) is 41.1 Å². The zero-order valence-corrected chi connectivity index (χ0v) is 12.7. The van der Waals surface area contributed by atoms with Gasteiger partial charge in [0.1, 0.15) is 0 Å². The highest BCUT2D eigenvalue weighted by atomic mass is 16.2. The summed E-state index contributed by atoms with van der Waals surface area (Å²) in [5.41, 5.74) is 0.189. The zero-order chi connectivity index (χ0) is 13.8. The molecule has 0 spiro atoms. The van der Waals surface area contributed by atoms with Crippen molar-refractivity contribution < 1.29 is 4.79 Å². The van der Waals surface area contributed by atoms with E-state index in [1.165, 1.54) is 32.1 Å². The third kappa shape index (κ3) is 5.28. The Balaban J connectivity index is 2.45. The summed E-state index contributed by atoms with van der Waals surface area (Å²) in [5.74, 6) is 0.704. The Hall–Kier alpha value is -0.730. The van der Waals surface area contributed by atoms with Gasteiger partial charge in [-0.25, -0.2) is 4.79 Å². The molecule has 0 bridgehead atoms. The van der Waals surface area contributed by atoms with Crippen molar-refractivity contribution in [3.05, 3.63) is 0 Å². The van der Waals surface area contributed by atoms with Gasteiger partial charge in [0, 0.05) is 12.1 Å². The van der Waals surface area contributed by atoms with E-state index in [4.69, 9.17) is 0 Å². The Kier molecular flexibility index (Phi) is 5.06. The van der Waals surface area contributed by atoms with Gasteiger partial charge in [-0.1, -0.05) is 26.7 Å². The number of amides is 2. The van der Waals surface area contributed by atoms with Gasteiger partial charge in [0.05, 0.1) is 0 Å². The van der Waals surface area contributed by atoms with Gasteiger partial charge in [0.2, 0.25) is 0 Å². The summed E-state index contributed by atoms with van der Waals surface area (Å²) < 4.78 is 0. The third-order valence-corrected chi connectivity index (χ3v) is 3.62. The summed E-state index contributed by atoms with van der Waals surface area (Å²) in [6.07, 6.45) is 6.38. The minimum atomic E-state index is -0.162. The lowest BCUT2D eigenvalue weighted by Gasteiger charge is -2.32. The van der Waals surface area contributed by atoms with Gasteiger partial charge in [-0.2, -0.15) is 0 Å². The highest BCUT2D eigenvalue weighted by Crippen LogP contribution is 2.42. The van der Waals surface area contributed by atoms with Gasteiger partial charge < -0.3 is 10.6 Å². The van der Waals surface area contributed by atoms with Gasteiger partial charge in [0.25, 0.3) is 0 Å². The summed E-state index contributed by atoms with van der Waals surface area (Å²) >= 11 is 0. The van der Waals surface area contributed by atoms with Gasteiger partial charge in [-0.15, -0.1) is 0 Å². The summed E-state index contributed by atoms with van der Waals surface area (Å²) in [7, 11) is 0. The monoisotopic (exact) mass is 254 g/mol. The van der Waals surface area contributed by atoms with E-state index in [-0.39, 0.29) is 11.6 Å². The lowest BCUT2D eigenvalue weighted by Crippen LogP contribution is -2.49. The van der Waals surface area contributed by atoms with Crippen LogP contribution in [0, 0.1) is 11.3 Å². The quantitative estimate of drug-likeness (QED) is 0.789. The van der Waals surface area contributed by atoms with E-state index in [0.717, 1.165) is 6.54 Å². The van der Waals surface area contributed by atoms with Crippen LogP contribution in [0.25, 0.3) is 0 Å². The predicted octanol–water partition coefficient (Wildman–Crippen LogP) is 3.69. The van der Waals surface area contributed by atoms with Crippen molar-refractivity contribution in [2.45, 2.75) is 72.3 Å². The van der Waals surface area contributed by atoms with Crippen LogP contribution in [0.4, 0.5) is 4.79 Å². The molecule has 1 fully saturated rings. The number of hydrogen-bond donors (Lipinski definition) is 2. The fraction of sp³-hybridized carbons (Fsp3) is 0.933. The first-order valence-electron chi connectivity index (χ1n) is 7.28. The van der Waals surface area contributed by atoms with E-state index in [9.17, 15) is 4.79 Å². The predicted molar refractivity (Wildman–Crippen MR) is 76.6 cm³/mol. The molecule has 2 N–H and O–H groups in total. The molecule has 0 saturated heterocycles. The summed E-state index contributed by atoms with van der Waals surface area (Å²) in [6, 6.07) is -0.0301. The number of carbonyl (C=O) groups is 1. The molecular formula is C15H30N2O. The van der Waals surface area contributed by atoms with Crippen LogP contribution in [-0.4, -0.2) is 18.1 Å². The highest BCUT2D eigenvalue weighted by molar-refractivity contribution is 5.74. The standard InChI is InChI=1S/C15H30N2O/c1-12(2)10-15(8-6-7-9-15)11-16-13(18)17-14(3,4)5/h12H,6-11H2,1-5H3,(H2,16,17,18). The van der Waals surface area contributed by atoms with Crippen LogP contribution < -0.4 is 10.6 Å². The second-order valence-corrected chi connectivity index (χ2v) is 7.36. The Morgan fingerprint density at radius 3 is 2.22 bits per heavy atom. The molecule has 0 aromatic heterocycles. The van der Waals surface area contributed by atoms with Crippen LogP contribution in [0.15, 0.2) is 0 Å². The Bertz CT molecular complexity index is 273. The SMILES string of the molecule is CC(C)CC1(CNC(=O)NC(C)(C)C)CCCC1. The van der Waals surface area contributed by atoms with Crippen LogP contribution in [-0.2, 0) is 0 Å². The number of hydrogen-bond acceptors (Lipinski definition) is 1. The van der Waals surface area contributed by atoms with Crippen LogP contribution in [0.3, 0.4) is 0 Å². The average Bonchev–Trinajstić information content (AvgIpc) is 2.60. The number of urea groups is 1. The molecule has 3 heteroatoms. The normalized spacial score (nSPS) is 19.0. The first-order valence-corrected chi connectivity index (χ1v) is 7.28. The van der Waals surface area contributed by atoms with Crippen LogP contribution in [0.1, 0.15) is 66.7 Å². The molecule has 1 aliphatic rings. The Labute approximate surface area is 112 Å². The lowest BCUT2D eigenvalue weighted by molar-refractivity contribution is 0.204. The van der Waals surface area contributed by atoms with Crippen molar-refractivity contribution in [1.29, 1.82) is 0 Å². The molecule has 0 unspecified atom stereocenters. The van der Waals surface area contributed by atoms with Crippen LogP contribution >= 0.6 is 0 Å². The van der Waals surface area contributed by atoms with Crippen molar-refractivity contribution in [2.75, 3.05) is 6.54 Å². The van der Waals surface area contributed by atoms with Crippen molar-refractivity contribution >= 4 is 6.03 Å². The maximum absolute atomic E-state index is 11.8. The molecule has 3 nitrogen and oxygen atoms in total. The second-order valence-electron chi connectivity index (χ2n) is 7.36. The summed E-state index contributed by atoms with van der Waals surface area (Å²) in [4.78, 5) is 11.8. The number of nitrogens with one attached hydrogen (secondary N) is 2. The molecule has 0 radical (unpaired) electrons. The fourth-order valence-corrected chi connectivity index (χ4v) is 3.10. The number of rotatable bonds is 4. The van der Waals surface area contributed by atoms with E-state index in [0.29, 0.717) is 11.3 Å². The molecule has 0 aromatic rings. The van der Waals surface area contributed by atoms with Gasteiger partial charge in [0.15, 0.2) is 0 Å². The van der Waals surface area contributed by atoms with Crippen molar-refractivity contribution in [3.8, 4) is 0 Å². The molecule has 2 amide bonds. The molecule has 1 saturated carbocycles. The lowest BCUT2D eigenvalue weighted by atomic mass is 9.78. The first kappa shape index (κ1) is 15.3. The van der Waals surface area contributed by atoms with E-state index >= 15 is 0 Å². The van der Waals surface area contributed by atoms with Crippen molar-refractivity contribution in [1.82, 2.24) is 10.6 Å². The minimum Gasteiger partial charge on any atom is -0.338 e. The van der Waals surface area contributed by atoms with Crippen LogP contribution in [0.2, 0.25) is 0 Å². The molecule has 18 heavy (non-hydrogen) atoms. The van der Waals surface area contributed by atoms with E-state index in [1.807, 2.05) is 20.8 Å². The van der Waals surface area contributed by atoms with Crippen LogP contribution in [0.5, 0.6) is 0 Å². The molecular weight excluding hydrogens is 224 g/mol. The molecule has 1 aliphatic carbocycles. The summed E-state index contributed by atoms with van der Waals surface area (Å²) in [5, 5.41) is 6.04. The smallest absolute Gasteiger partial charge is 0.315 e. The maximum atomic E-state index is 11.8. The van der Waals surface area contributed by atoms with Gasteiger partial charge >= 0.3 is 6.03 Å². The van der Waals surface area contributed by atoms with Gasteiger partial charge in [-0.3, -0.25) is 0 Å². The van der Waals surface area contributed by atoms with E-state index < -0.39 is 0 Å². The van der Waals surface area contributed by atoms with E-state index in [1.54, 1.807) is 0 Å². The average molecular weight is 254 g/mol. The first-order chi connectivity index (χ1) is 8.22.